The number of rotatable bonds is 6. The van der Waals surface area contributed by atoms with Crippen molar-refractivity contribution in [2.45, 2.75) is 0 Å². The first kappa shape index (κ1) is 17.1. The van der Waals surface area contributed by atoms with Crippen molar-refractivity contribution in [2.24, 2.45) is 0 Å². The van der Waals surface area contributed by atoms with Crippen LogP contribution in [0.5, 0.6) is 0 Å². The lowest BCUT2D eigenvalue weighted by atomic mass is 10.2. The van der Waals surface area contributed by atoms with E-state index in [1.807, 2.05) is 0 Å². The van der Waals surface area contributed by atoms with E-state index >= 15 is 0 Å². The van der Waals surface area contributed by atoms with Crippen molar-refractivity contribution < 1.29 is 9.72 Å². The van der Waals surface area contributed by atoms with Gasteiger partial charge in [-0.2, -0.15) is 0 Å². The molecule has 1 amide bonds. The largest absolute Gasteiger partial charge is 0.378 e. The Morgan fingerprint density at radius 2 is 1.87 bits per heavy atom. The van der Waals surface area contributed by atoms with Crippen LogP contribution in [-0.2, 0) is 0 Å². The van der Waals surface area contributed by atoms with Crippen LogP contribution < -0.4 is 10.6 Å². The SMILES string of the molecule is O=C(NCCNc1ccc(Cl)cc1[N+](=O)[O-])c1ccccc1Cl. The molecule has 2 rings (SSSR count). The third kappa shape index (κ3) is 4.58. The maximum Gasteiger partial charge on any atom is 0.293 e. The highest BCUT2D eigenvalue weighted by atomic mass is 35.5. The maximum atomic E-state index is 11.9. The van der Waals surface area contributed by atoms with Crippen molar-refractivity contribution in [3.8, 4) is 0 Å². The summed E-state index contributed by atoms with van der Waals surface area (Å²) in [6.07, 6.45) is 0. The molecule has 0 heterocycles. The van der Waals surface area contributed by atoms with Gasteiger partial charge in [0.05, 0.1) is 15.5 Å². The van der Waals surface area contributed by atoms with Gasteiger partial charge in [0.15, 0.2) is 0 Å². The molecule has 120 valence electrons. The summed E-state index contributed by atoms with van der Waals surface area (Å²) < 4.78 is 0. The molecule has 2 aromatic carbocycles. The third-order valence-corrected chi connectivity index (χ3v) is 3.57. The van der Waals surface area contributed by atoms with Gasteiger partial charge in [-0.25, -0.2) is 0 Å². The van der Waals surface area contributed by atoms with Gasteiger partial charge in [0.1, 0.15) is 5.69 Å². The van der Waals surface area contributed by atoms with Crippen LogP contribution in [0.2, 0.25) is 10.0 Å². The molecule has 23 heavy (non-hydrogen) atoms. The van der Waals surface area contributed by atoms with Crippen LogP contribution in [0, 0.1) is 10.1 Å². The summed E-state index contributed by atoms with van der Waals surface area (Å²) in [5.41, 5.74) is 0.605. The van der Waals surface area contributed by atoms with Gasteiger partial charge in [-0.15, -0.1) is 0 Å². The molecule has 0 atom stereocenters. The van der Waals surface area contributed by atoms with Gasteiger partial charge in [0, 0.05) is 24.2 Å². The number of nitrogens with one attached hydrogen (secondary N) is 2. The van der Waals surface area contributed by atoms with E-state index in [9.17, 15) is 14.9 Å². The standard InChI is InChI=1S/C15H13Cl2N3O3/c16-10-5-6-13(14(9-10)20(22)23)18-7-8-19-15(21)11-3-1-2-4-12(11)17/h1-6,9,18H,7-8H2,(H,19,21). The molecule has 2 aromatic rings. The average molecular weight is 354 g/mol. The molecule has 0 saturated carbocycles. The second-order valence-electron chi connectivity index (χ2n) is 4.58. The van der Waals surface area contributed by atoms with Crippen LogP contribution in [0.25, 0.3) is 0 Å². The Balaban J connectivity index is 1.90. The number of halogens is 2. The quantitative estimate of drug-likeness (QED) is 0.470. The Kier molecular flexibility index (Phi) is 5.78. The summed E-state index contributed by atoms with van der Waals surface area (Å²) in [5, 5.41) is 17.2. The highest BCUT2D eigenvalue weighted by molar-refractivity contribution is 6.33. The van der Waals surface area contributed by atoms with Crippen LogP contribution in [0.15, 0.2) is 42.5 Å². The second kappa shape index (κ2) is 7.80. The number of anilines is 1. The summed E-state index contributed by atoms with van der Waals surface area (Å²) in [6, 6.07) is 11.1. The maximum absolute atomic E-state index is 11.9. The van der Waals surface area contributed by atoms with Crippen LogP contribution in [0.3, 0.4) is 0 Å². The fourth-order valence-corrected chi connectivity index (χ4v) is 2.31. The normalized spacial score (nSPS) is 10.2. The Bertz CT molecular complexity index is 738. The second-order valence-corrected chi connectivity index (χ2v) is 5.42. The monoisotopic (exact) mass is 353 g/mol. The van der Waals surface area contributed by atoms with E-state index in [1.165, 1.54) is 12.1 Å². The Morgan fingerprint density at radius 1 is 1.13 bits per heavy atom. The van der Waals surface area contributed by atoms with Gasteiger partial charge in [0.25, 0.3) is 11.6 Å². The Hall–Kier alpha value is -2.31. The smallest absolute Gasteiger partial charge is 0.293 e. The average Bonchev–Trinajstić information content (AvgIpc) is 2.52. The number of benzene rings is 2. The van der Waals surface area contributed by atoms with Crippen LogP contribution >= 0.6 is 23.2 Å². The highest BCUT2D eigenvalue weighted by Gasteiger charge is 2.14. The Labute approximate surface area is 142 Å². The molecular formula is C15H13Cl2N3O3. The van der Waals surface area contributed by atoms with E-state index in [0.717, 1.165) is 0 Å². The summed E-state index contributed by atoms with van der Waals surface area (Å²) in [5.74, 6) is -0.303. The summed E-state index contributed by atoms with van der Waals surface area (Å²) >= 11 is 11.7. The number of hydrogen-bond acceptors (Lipinski definition) is 4. The molecule has 0 aliphatic rings. The van der Waals surface area contributed by atoms with Gasteiger partial charge in [-0.3, -0.25) is 14.9 Å². The fourth-order valence-electron chi connectivity index (χ4n) is 1.92. The molecule has 0 aliphatic heterocycles. The van der Waals surface area contributed by atoms with Gasteiger partial charge in [-0.05, 0) is 24.3 Å². The number of amides is 1. The molecule has 0 aliphatic carbocycles. The molecule has 0 bridgehead atoms. The number of nitro benzene ring substituents is 1. The van der Waals surface area contributed by atoms with Crippen molar-refractivity contribution in [3.63, 3.8) is 0 Å². The van der Waals surface area contributed by atoms with Crippen LogP contribution in [0.1, 0.15) is 10.4 Å². The minimum atomic E-state index is -0.517. The predicted molar refractivity (Wildman–Crippen MR) is 90.4 cm³/mol. The van der Waals surface area contributed by atoms with E-state index < -0.39 is 4.92 Å². The highest BCUT2D eigenvalue weighted by Crippen LogP contribution is 2.27. The molecule has 2 N–H and O–H groups in total. The van der Waals surface area contributed by atoms with E-state index in [0.29, 0.717) is 22.8 Å². The van der Waals surface area contributed by atoms with Crippen molar-refractivity contribution in [3.05, 3.63) is 68.2 Å². The van der Waals surface area contributed by atoms with E-state index in [2.05, 4.69) is 10.6 Å². The number of nitro groups is 1. The van der Waals surface area contributed by atoms with Gasteiger partial charge >= 0.3 is 0 Å². The zero-order valence-electron chi connectivity index (χ0n) is 11.9. The molecule has 6 nitrogen and oxygen atoms in total. The molecule has 0 radical (unpaired) electrons. The predicted octanol–water partition coefficient (Wildman–Crippen LogP) is 3.74. The van der Waals surface area contributed by atoms with Crippen LogP contribution in [0.4, 0.5) is 11.4 Å². The number of hydrogen-bond donors (Lipinski definition) is 2. The zero-order chi connectivity index (χ0) is 16.8. The van der Waals surface area contributed by atoms with Gasteiger partial charge in [-0.1, -0.05) is 35.3 Å². The van der Waals surface area contributed by atoms with E-state index in [4.69, 9.17) is 23.2 Å². The lowest BCUT2D eigenvalue weighted by Gasteiger charge is -2.09. The molecule has 8 heteroatoms. The molecular weight excluding hydrogens is 341 g/mol. The molecule has 0 aromatic heterocycles. The third-order valence-electron chi connectivity index (χ3n) is 3.00. The number of nitrogens with zero attached hydrogens (tertiary/aromatic N) is 1. The summed E-state index contributed by atoms with van der Waals surface area (Å²) in [4.78, 5) is 22.4. The Morgan fingerprint density at radius 3 is 2.57 bits per heavy atom. The summed E-state index contributed by atoms with van der Waals surface area (Å²) in [7, 11) is 0. The van der Waals surface area contributed by atoms with Crippen LogP contribution in [-0.4, -0.2) is 23.9 Å². The van der Waals surface area contributed by atoms with Gasteiger partial charge in [0.2, 0.25) is 0 Å². The molecule has 0 saturated heterocycles. The molecule has 0 unspecified atom stereocenters. The molecule has 0 fully saturated rings. The van der Waals surface area contributed by atoms with Gasteiger partial charge < -0.3 is 10.6 Å². The van der Waals surface area contributed by atoms with E-state index in [-0.39, 0.29) is 23.2 Å². The first-order valence-corrected chi connectivity index (χ1v) is 7.45. The van der Waals surface area contributed by atoms with Crippen molar-refractivity contribution in [1.82, 2.24) is 5.32 Å². The van der Waals surface area contributed by atoms with Crippen molar-refractivity contribution in [2.75, 3.05) is 18.4 Å². The number of carbonyl (C=O) groups is 1. The summed E-state index contributed by atoms with van der Waals surface area (Å²) in [6.45, 7) is 0.600. The van der Waals surface area contributed by atoms with Crippen molar-refractivity contribution in [1.29, 1.82) is 0 Å². The first-order valence-electron chi connectivity index (χ1n) is 6.69. The zero-order valence-corrected chi connectivity index (χ0v) is 13.4. The lowest BCUT2D eigenvalue weighted by Crippen LogP contribution is -2.29. The topological polar surface area (TPSA) is 84.3 Å². The van der Waals surface area contributed by atoms with E-state index in [1.54, 1.807) is 30.3 Å². The minimum Gasteiger partial charge on any atom is -0.378 e. The fraction of sp³-hybridized carbons (Fsp3) is 0.133. The number of carbonyl (C=O) groups excluding carboxylic acids is 1. The van der Waals surface area contributed by atoms with Crippen molar-refractivity contribution >= 4 is 40.5 Å². The first-order chi connectivity index (χ1) is 11.0. The minimum absolute atomic E-state index is 0.116. The molecule has 0 spiro atoms. The lowest BCUT2D eigenvalue weighted by molar-refractivity contribution is -0.383.